The summed E-state index contributed by atoms with van der Waals surface area (Å²) in [5.41, 5.74) is 4.10. The highest BCUT2D eigenvalue weighted by Gasteiger charge is 2.18. The Morgan fingerprint density at radius 1 is 1.25 bits per heavy atom. The number of benzene rings is 1. The molecule has 28 heavy (non-hydrogen) atoms. The lowest BCUT2D eigenvalue weighted by Crippen LogP contribution is -2.45. The number of aliphatic hydroxyl groups is 1. The first-order valence-electron chi connectivity index (χ1n) is 9.68. The summed E-state index contributed by atoms with van der Waals surface area (Å²) in [6.07, 6.45) is 0.628. The summed E-state index contributed by atoms with van der Waals surface area (Å²) in [4.78, 5) is 8.25. The molecule has 3 rings (SSSR count). The number of fused-ring (bicyclic) bond motifs is 1. The first-order valence-corrected chi connectivity index (χ1v) is 10.6. The van der Waals surface area contributed by atoms with Crippen LogP contribution in [0.25, 0.3) is 0 Å². The van der Waals surface area contributed by atoms with Crippen molar-refractivity contribution in [2.75, 3.05) is 26.2 Å². The number of hydrogen-bond acceptors (Lipinski definition) is 4. The van der Waals surface area contributed by atoms with Gasteiger partial charge in [0.2, 0.25) is 0 Å². The van der Waals surface area contributed by atoms with Crippen molar-refractivity contribution in [3.63, 3.8) is 0 Å². The summed E-state index contributed by atoms with van der Waals surface area (Å²) >= 11 is 1.73. The van der Waals surface area contributed by atoms with Crippen molar-refractivity contribution >= 4 is 41.3 Å². The third kappa shape index (κ3) is 6.72. The smallest absolute Gasteiger partial charge is 0.191 e. The van der Waals surface area contributed by atoms with Gasteiger partial charge in [-0.25, -0.2) is 4.99 Å². The second-order valence-electron chi connectivity index (χ2n) is 7.01. The highest BCUT2D eigenvalue weighted by Crippen LogP contribution is 2.18. The van der Waals surface area contributed by atoms with E-state index in [1.165, 1.54) is 21.6 Å². The molecule has 0 amide bonds. The molecule has 0 saturated heterocycles. The fraction of sp³-hybridized carbons (Fsp3) is 0.476. The number of aryl methyl sites for hydroxylation is 1. The van der Waals surface area contributed by atoms with E-state index in [4.69, 9.17) is 0 Å². The first kappa shape index (κ1) is 23.1. The molecular formula is C21H31IN4OS. The molecule has 1 aliphatic heterocycles. The Bertz CT molecular complexity index is 764. The fourth-order valence-electron chi connectivity index (χ4n) is 3.35. The van der Waals surface area contributed by atoms with Gasteiger partial charge in [-0.3, -0.25) is 4.90 Å². The Morgan fingerprint density at radius 3 is 2.75 bits per heavy atom. The topological polar surface area (TPSA) is 59.9 Å². The maximum atomic E-state index is 10.5. The summed E-state index contributed by atoms with van der Waals surface area (Å²) in [5, 5.41) is 19.1. The molecule has 0 fully saturated rings. The van der Waals surface area contributed by atoms with Crippen molar-refractivity contribution in [1.29, 1.82) is 0 Å². The largest absolute Gasteiger partial charge is 0.390 e. The van der Waals surface area contributed by atoms with E-state index in [2.05, 4.69) is 70.1 Å². The normalized spacial score (nSPS) is 15.5. The minimum Gasteiger partial charge on any atom is -0.390 e. The Kier molecular flexibility index (Phi) is 9.70. The third-order valence-corrected chi connectivity index (χ3v) is 5.88. The highest BCUT2D eigenvalue weighted by molar-refractivity contribution is 14.0. The van der Waals surface area contributed by atoms with Crippen LogP contribution in [0.2, 0.25) is 0 Å². The van der Waals surface area contributed by atoms with Crippen LogP contribution < -0.4 is 10.6 Å². The quantitative estimate of drug-likeness (QED) is 0.302. The van der Waals surface area contributed by atoms with Gasteiger partial charge in [0.05, 0.1) is 12.6 Å². The van der Waals surface area contributed by atoms with Crippen molar-refractivity contribution in [2.45, 2.75) is 39.5 Å². The lowest BCUT2D eigenvalue weighted by atomic mass is 10.00. The molecule has 1 unspecified atom stereocenters. The Balaban J connectivity index is 0.00000280. The van der Waals surface area contributed by atoms with Gasteiger partial charge >= 0.3 is 0 Å². The molecule has 2 aromatic rings. The van der Waals surface area contributed by atoms with E-state index in [1.807, 2.05) is 0 Å². The van der Waals surface area contributed by atoms with Gasteiger partial charge in [-0.15, -0.1) is 35.3 Å². The number of rotatable bonds is 7. The van der Waals surface area contributed by atoms with Crippen molar-refractivity contribution < 1.29 is 5.11 Å². The standard InChI is InChI=1S/C21H30N4OS.HI/c1-3-22-21(24-13-20-16(2)9-11-27-20)23-12-19(26)15-25-10-8-17-6-4-5-7-18(17)14-25;/h4-7,9,11,19,26H,3,8,10,12-15H2,1-2H3,(H2,22,23,24);1H. The zero-order chi connectivity index (χ0) is 19.1. The van der Waals surface area contributed by atoms with Crippen molar-refractivity contribution in [3.05, 3.63) is 57.3 Å². The molecule has 7 heteroatoms. The van der Waals surface area contributed by atoms with E-state index in [0.717, 1.165) is 32.0 Å². The molecule has 154 valence electrons. The Morgan fingerprint density at radius 2 is 2.04 bits per heavy atom. The second kappa shape index (κ2) is 11.7. The van der Waals surface area contributed by atoms with Crippen LogP contribution in [-0.4, -0.2) is 48.2 Å². The Hall–Kier alpha value is -1.16. The number of aliphatic hydroxyl groups excluding tert-OH is 1. The van der Waals surface area contributed by atoms with Crippen LogP contribution in [0.15, 0.2) is 40.7 Å². The summed E-state index contributed by atoms with van der Waals surface area (Å²) < 4.78 is 0. The van der Waals surface area contributed by atoms with Crippen LogP contribution in [0.3, 0.4) is 0 Å². The van der Waals surface area contributed by atoms with Gasteiger partial charge in [-0.2, -0.15) is 0 Å². The maximum Gasteiger partial charge on any atom is 0.191 e. The Labute approximate surface area is 189 Å². The molecular weight excluding hydrogens is 483 g/mol. The number of aliphatic imine (C=N–C) groups is 1. The van der Waals surface area contributed by atoms with E-state index < -0.39 is 6.10 Å². The van der Waals surface area contributed by atoms with Crippen LogP contribution in [0, 0.1) is 6.92 Å². The fourth-order valence-corrected chi connectivity index (χ4v) is 4.18. The molecule has 1 aliphatic rings. The average molecular weight is 514 g/mol. The molecule has 1 aromatic heterocycles. The molecule has 3 N–H and O–H groups in total. The molecule has 1 atom stereocenters. The van der Waals surface area contributed by atoms with Crippen LogP contribution in [0.4, 0.5) is 0 Å². The highest BCUT2D eigenvalue weighted by atomic mass is 127. The number of nitrogens with one attached hydrogen (secondary N) is 2. The van der Waals surface area contributed by atoms with Gasteiger partial charge in [0.15, 0.2) is 5.96 Å². The van der Waals surface area contributed by atoms with Crippen LogP contribution in [-0.2, 0) is 19.5 Å². The zero-order valence-corrected chi connectivity index (χ0v) is 19.8. The summed E-state index contributed by atoms with van der Waals surface area (Å²) in [7, 11) is 0. The predicted molar refractivity (Wildman–Crippen MR) is 129 cm³/mol. The lowest BCUT2D eigenvalue weighted by Gasteiger charge is -2.30. The third-order valence-electron chi connectivity index (χ3n) is 4.88. The van der Waals surface area contributed by atoms with Crippen molar-refractivity contribution in [3.8, 4) is 0 Å². The van der Waals surface area contributed by atoms with Gasteiger partial charge in [0.25, 0.3) is 0 Å². The van der Waals surface area contributed by atoms with Crippen LogP contribution in [0.1, 0.15) is 28.5 Å². The van der Waals surface area contributed by atoms with E-state index in [1.54, 1.807) is 11.3 Å². The monoisotopic (exact) mass is 514 g/mol. The van der Waals surface area contributed by atoms with Crippen molar-refractivity contribution in [1.82, 2.24) is 15.5 Å². The average Bonchev–Trinajstić information content (AvgIpc) is 3.09. The lowest BCUT2D eigenvalue weighted by molar-refractivity contribution is 0.108. The minimum absolute atomic E-state index is 0. The summed E-state index contributed by atoms with van der Waals surface area (Å²) in [5.74, 6) is 0.758. The minimum atomic E-state index is -0.428. The molecule has 1 aromatic carbocycles. The van der Waals surface area contributed by atoms with E-state index >= 15 is 0 Å². The van der Waals surface area contributed by atoms with Gasteiger partial charge in [-0.05, 0) is 48.4 Å². The number of β-amino-alcohol motifs (C(OH)–C–C–N with tert-alkyl or cyclic N) is 1. The molecule has 0 saturated carbocycles. The molecule has 0 bridgehead atoms. The number of thiophene rings is 1. The van der Waals surface area contributed by atoms with Crippen LogP contribution >= 0.6 is 35.3 Å². The van der Waals surface area contributed by atoms with Crippen molar-refractivity contribution in [2.24, 2.45) is 4.99 Å². The number of guanidine groups is 1. The SMILES string of the molecule is CCNC(=NCc1sccc1C)NCC(O)CN1CCc2ccccc2C1.I. The van der Waals surface area contributed by atoms with Crippen LogP contribution in [0.5, 0.6) is 0 Å². The van der Waals surface area contributed by atoms with E-state index in [0.29, 0.717) is 19.6 Å². The molecule has 0 aliphatic carbocycles. The van der Waals surface area contributed by atoms with E-state index in [-0.39, 0.29) is 24.0 Å². The molecule has 0 spiro atoms. The predicted octanol–water partition coefficient (Wildman–Crippen LogP) is 3.15. The van der Waals surface area contributed by atoms with Gasteiger partial charge in [0, 0.05) is 37.6 Å². The summed E-state index contributed by atoms with van der Waals surface area (Å²) in [6, 6.07) is 10.7. The second-order valence-corrected chi connectivity index (χ2v) is 8.01. The maximum absolute atomic E-state index is 10.5. The molecule has 5 nitrogen and oxygen atoms in total. The number of hydrogen-bond donors (Lipinski definition) is 3. The van der Waals surface area contributed by atoms with Gasteiger partial charge in [-0.1, -0.05) is 24.3 Å². The first-order chi connectivity index (χ1) is 13.2. The van der Waals surface area contributed by atoms with Gasteiger partial charge in [0.1, 0.15) is 0 Å². The summed E-state index contributed by atoms with van der Waals surface area (Å²) in [6.45, 7) is 8.71. The van der Waals surface area contributed by atoms with E-state index in [9.17, 15) is 5.11 Å². The zero-order valence-electron chi connectivity index (χ0n) is 16.6. The van der Waals surface area contributed by atoms with Gasteiger partial charge < -0.3 is 15.7 Å². The number of halogens is 1. The number of nitrogens with zero attached hydrogens (tertiary/aromatic N) is 2. The molecule has 2 heterocycles. The molecule has 0 radical (unpaired) electrons.